The zero-order chi connectivity index (χ0) is 20.9. The monoisotopic (exact) mass is 400 g/mol. The van der Waals surface area contributed by atoms with Gasteiger partial charge in [0.25, 0.3) is 0 Å². The minimum absolute atomic E-state index is 0.106. The number of primary amides is 1. The van der Waals surface area contributed by atoms with Crippen molar-refractivity contribution in [3.8, 4) is 11.1 Å². The van der Waals surface area contributed by atoms with E-state index in [9.17, 15) is 9.59 Å². The van der Waals surface area contributed by atoms with Gasteiger partial charge < -0.3 is 20.9 Å². The Bertz CT molecular complexity index is 1040. The Labute approximate surface area is 175 Å². The molecule has 30 heavy (non-hydrogen) atoms. The Kier molecular flexibility index (Phi) is 5.66. The van der Waals surface area contributed by atoms with E-state index in [-0.39, 0.29) is 6.03 Å². The molecule has 0 bridgehead atoms. The molecule has 0 saturated carbocycles. The SMILES string of the molecule is NC(=O)c1cccc(-c2cccc(NC(=O)N3CCN(c4ccccc4)CC3)c2)c1. The second kappa shape index (κ2) is 8.69. The predicted molar refractivity (Wildman–Crippen MR) is 120 cm³/mol. The number of hydrogen-bond donors (Lipinski definition) is 2. The highest BCUT2D eigenvalue weighted by Gasteiger charge is 2.21. The first-order valence-electron chi connectivity index (χ1n) is 9.96. The first-order chi connectivity index (χ1) is 14.6. The number of para-hydroxylation sites is 1. The third-order valence-electron chi connectivity index (χ3n) is 5.28. The summed E-state index contributed by atoms with van der Waals surface area (Å²) in [5.41, 5.74) is 9.52. The summed E-state index contributed by atoms with van der Waals surface area (Å²) >= 11 is 0. The van der Waals surface area contributed by atoms with Crippen LogP contribution in [-0.2, 0) is 0 Å². The van der Waals surface area contributed by atoms with Crippen molar-refractivity contribution in [3.63, 3.8) is 0 Å². The van der Waals surface area contributed by atoms with Crippen LogP contribution in [-0.4, -0.2) is 43.0 Å². The van der Waals surface area contributed by atoms with E-state index in [1.54, 1.807) is 18.2 Å². The molecular weight excluding hydrogens is 376 g/mol. The van der Waals surface area contributed by atoms with Crippen LogP contribution in [0.2, 0.25) is 0 Å². The van der Waals surface area contributed by atoms with Crippen LogP contribution < -0.4 is 16.0 Å². The molecule has 6 heteroatoms. The largest absolute Gasteiger partial charge is 0.368 e. The second-order valence-corrected chi connectivity index (χ2v) is 7.27. The summed E-state index contributed by atoms with van der Waals surface area (Å²) in [4.78, 5) is 28.3. The quantitative estimate of drug-likeness (QED) is 0.699. The summed E-state index contributed by atoms with van der Waals surface area (Å²) in [6.07, 6.45) is 0. The maximum absolute atomic E-state index is 12.7. The second-order valence-electron chi connectivity index (χ2n) is 7.27. The van der Waals surface area contributed by atoms with E-state index in [1.807, 2.05) is 53.4 Å². The van der Waals surface area contributed by atoms with Gasteiger partial charge in [-0.25, -0.2) is 4.79 Å². The van der Waals surface area contributed by atoms with Crippen molar-refractivity contribution in [3.05, 3.63) is 84.4 Å². The molecule has 0 spiro atoms. The number of hydrogen-bond acceptors (Lipinski definition) is 3. The summed E-state index contributed by atoms with van der Waals surface area (Å²) in [6, 6.07) is 24.9. The van der Waals surface area contributed by atoms with E-state index in [1.165, 1.54) is 5.69 Å². The molecule has 6 nitrogen and oxygen atoms in total. The van der Waals surface area contributed by atoms with Gasteiger partial charge in [-0.15, -0.1) is 0 Å². The molecule has 1 aliphatic rings. The summed E-state index contributed by atoms with van der Waals surface area (Å²) in [6.45, 7) is 2.94. The van der Waals surface area contributed by atoms with Gasteiger partial charge in [0, 0.05) is 43.1 Å². The molecule has 0 unspecified atom stereocenters. The Morgan fingerprint density at radius 3 is 2.13 bits per heavy atom. The number of nitrogens with one attached hydrogen (secondary N) is 1. The number of carbonyl (C=O) groups excluding carboxylic acids is 2. The van der Waals surface area contributed by atoms with E-state index >= 15 is 0 Å². The van der Waals surface area contributed by atoms with Crippen molar-refractivity contribution in [1.29, 1.82) is 0 Å². The van der Waals surface area contributed by atoms with Gasteiger partial charge >= 0.3 is 6.03 Å². The van der Waals surface area contributed by atoms with Crippen molar-refractivity contribution in [2.24, 2.45) is 5.73 Å². The average Bonchev–Trinajstić information content (AvgIpc) is 2.80. The summed E-state index contributed by atoms with van der Waals surface area (Å²) in [5.74, 6) is -0.462. The van der Waals surface area contributed by atoms with Crippen molar-refractivity contribution < 1.29 is 9.59 Å². The fourth-order valence-electron chi connectivity index (χ4n) is 3.64. The van der Waals surface area contributed by atoms with E-state index in [0.717, 1.165) is 24.2 Å². The third-order valence-corrected chi connectivity index (χ3v) is 5.28. The van der Waals surface area contributed by atoms with E-state index in [2.05, 4.69) is 22.3 Å². The zero-order valence-corrected chi connectivity index (χ0v) is 16.6. The Hall–Kier alpha value is -3.80. The first kappa shape index (κ1) is 19.5. The highest BCUT2D eigenvalue weighted by Crippen LogP contribution is 2.24. The fraction of sp³-hybridized carbons (Fsp3) is 0.167. The van der Waals surface area contributed by atoms with E-state index < -0.39 is 5.91 Å². The molecule has 3 aromatic carbocycles. The lowest BCUT2D eigenvalue weighted by Gasteiger charge is -2.36. The molecule has 0 radical (unpaired) electrons. The number of piperazine rings is 1. The molecule has 3 aromatic rings. The van der Waals surface area contributed by atoms with Crippen LogP contribution in [0, 0.1) is 0 Å². The summed E-state index contributed by atoms with van der Waals surface area (Å²) in [5, 5.41) is 2.99. The molecule has 1 fully saturated rings. The third kappa shape index (κ3) is 4.43. The molecule has 1 heterocycles. The number of nitrogens with two attached hydrogens (primary N) is 1. The summed E-state index contributed by atoms with van der Waals surface area (Å²) < 4.78 is 0. The van der Waals surface area contributed by atoms with E-state index in [4.69, 9.17) is 5.73 Å². The molecule has 1 saturated heterocycles. The maximum Gasteiger partial charge on any atom is 0.321 e. The minimum atomic E-state index is -0.462. The fourth-order valence-corrected chi connectivity index (χ4v) is 3.64. The molecule has 1 aliphatic heterocycles. The lowest BCUT2D eigenvalue weighted by molar-refractivity contribution is 0.100. The molecule has 3 N–H and O–H groups in total. The van der Waals surface area contributed by atoms with Gasteiger partial charge in [0.05, 0.1) is 0 Å². The molecule has 3 amide bonds. The zero-order valence-electron chi connectivity index (χ0n) is 16.6. The average molecular weight is 400 g/mol. The maximum atomic E-state index is 12.7. The van der Waals surface area contributed by atoms with Crippen molar-refractivity contribution >= 4 is 23.3 Å². The van der Waals surface area contributed by atoms with Crippen LogP contribution in [0.4, 0.5) is 16.2 Å². The van der Waals surface area contributed by atoms with Crippen LogP contribution in [0.1, 0.15) is 10.4 Å². The predicted octanol–water partition coefficient (Wildman–Crippen LogP) is 3.81. The number of urea groups is 1. The normalized spacial score (nSPS) is 13.7. The van der Waals surface area contributed by atoms with Gasteiger partial charge in [0.2, 0.25) is 5.91 Å². The molecule has 0 atom stereocenters. The van der Waals surface area contributed by atoms with E-state index in [0.29, 0.717) is 24.3 Å². The number of amides is 3. The Morgan fingerprint density at radius 2 is 1.43 bits per heavy atom. The molecule has 152 valence electrons. The topological polar surface area (TPSA) is 78.7 Å². The number of rotatable bonds is 4. The number of benzene rings is 3. The van der Waals surface area contributed by atoms with Gasteiger partial charge in [0.15, 0.2) is 0 Å². The van der Waals surface area contributed by atoms with Gasteiger partial charge in [-0.3, -0.25) is 4.79 Å². The Balaban J connectivity index is 1.40. The van der Waals surface area contributed by atoms with Crippen LogP contribution in [0.25, 0.3) is 11.1 Å². The first-order valence-corrected chi connectivity index (χ1v) is 9.96. The number of anilines is 2. The molecule has 0 aliphatic carbocycles. The lowest BCUT2D eigenvalue weighted by atomic mass is 10.0. The van der Waals surface area contributed by atoms with Crippen LogP contribution in [0.5, 0.6) is 0 Å². The molecular formula is C24H24N4O2. The number of nitrogens with zero attached hydrogens (tertiary/aromatic N) is 2. The lowest BCUT2D eigenvalue weighted by Crippen LogP contribution is -2.50. The smallest absolute Gasteiger partial charge is 0.321 e. The minimum Gasteiger partial charge on any atom is -0.368 e. The van der Waals surface area contributed by atoms with Crippen molar-refractivity contribution in [2.45, 2.75) is 0 Å². The molecule has 4 rings (SSSR count). The number of carbonyl (C=O) groups is 2. The van der Waals surface area contributed by atoms with Gasteiger partial charge in [-0.05, 0) is 47.5 Å². The van der Waals surface area contributed by atoms with Crippen LogP contribution in [0.3, 0.4) is 0 Å². The van der Waals surface area contributed by atoms with Crippen LogP contribution >= 0.6 is 0 Å². The van der Waals surface area contributed by atoms with Gasteiger partial charge in [-0.2, -0.15) is 0 Å². The van der Waals surface area contributed by atoms with Gasteiger partial charge in [0.1, 0.15) is 0 Å². The Morgan fingerprint density at radius 1 is 0.767 bits per heavy atom. The van der Waals surface area contributed by atoms with Crippen molar-refractivity contribution in [2.75, 3.05) is 36.4 Å². The standard InChI is InChI=1S/C24H24N4O2/c25-23(29)20-8-4-6-18(16-20)19-7-5-9-21(17-19)26-24(30)28-14-12-27(13-15-28)22-10-2-1-3-11-22/h1-11,16-17H,12-15H2,(H2,25,29)(H,26,30). The summed E-state index contributed by atoms with van der Waals surface area (Å²) in [7, 11) is 0. The highest BCUT2D eigenvalue weighted by molar-refractivity contribution is 5.94. The van der Waals surface area contributed by atoms with Crippen LogP contribution in [0.15, 0.2) is 78.9 Å². The van der Waals surface area contributed by atoms with Gasteiger partial charge in [-0.1, -0.05) is 42.5 Å². The molecule has 0 aromatic heterocycles. The highest BCUT2D eigenvalue weighted by atomic mass is 16.2. The van der Waals surface area contributed by atoms with Crippen molar-refractivity contribution in [1.82, 2.24) is 4.90 Å².